The monoisotopic (exact) mass is 252 g/mol. The first-order valence-electron chi connectivity index (χ1n) is 5.94. The lowest BCUT2D eigenvalue weighted by atomic mass is 9.93. The van der Waals surface area contributed by atoms with Crippen LogP contribution in [0.3, 0.4) is 0 Å². The van der Waals surface area contributed by atoms with Gasteiger partial charge in [0, 0.05) is 11.8 Å². The van der Waals surface area contributed by atoms with Gasteiger partial charge in [0.2, 0.25) is 5.91 Å². The third kappa shape index (κ3) is 2.92. The lowest BCUT2D eigenvalue weighted by Gasteiger charge is -2.25. The second-order valence-electron chi connectivity index (χ2n) is 4.20. The molecule has 0 radical (unpaired) electrons. The summed E-state index contributed by atoms with van der Waals surface area (Å²) in [6, 6.07) is 4.67. The number of methoxy groups -OCH3 is 1. The van der Waals surface area contributed by atoms with E-state index in [-0.39, 0.29) is 11.7 Å². The van der Waals surface area contributed by atoms with Crippen molar-refractivity contribution >= 4 is 11.6 Å². The lowest BCUT2D eigenvalue weighted by molar-refractivity contribution is -0.121. The number of hydrogen-bond acceptors (Lipinski definition) is 4. The van der Waals surface area contributed by atoms with E-state index < -0.39 is 5.54 Å². The molecule has 1 aromatic carbocycles. The van der Waals surface area contributed by atoms with Gasteiger partial charge >= 0.3 is 0 Å². The molecule has 0 saturated heterocycles. The molecule has 0 saturated carbocycles. The third-order valence-electron chi connectivity index (χ3n) is 3.15. The van der Waals surface area contributed by atoms with Crippen molar-refractivity contribution < 1.29 is 14.6 Å². The molecule has 0 aliphatic rings. The summed E-state index contributed by atoms with van der Waals surface area (Å²) >= 11 is 0. The Morgan fingerprint density at radius 2 is 2.06 bits per heavy atom. The van der Waals surface area contributed by atoms with Gasteiger partial charge in [-0.3, -0.25) is 4.79 Å². The van der Waals surface area contributed by atoms with E-state index >= 15 is 0 Å². The minimum Gasteiger partial charge on any atom is -0.504 e. The molecule has 0 aromatic heterocycles. The van der Waals surface area contributed by atoms with Crippen LogP contribution in [-0.2, 0) is 4.79 Å². The first-order valence-corrected chi connectivity index (χ1v) is 5.94. The van der Waals surface area contributed by atoms with E-state index in [1.54, 1.807) is 12.1 Å². The molecule has 0 unspecified atom stereocenters. The number of rotatable bonds is 5. The summed E-state index contributed by atoms with van der Waals surface area (Å²) in [6.45, 7) is 3.74. The first-order chi connectivity index (χ1) is 8.46. The van der Waals surface area contributed by atoms with Gasteiger partial charge in [-0.1, -0.05) is 13.8 Å². The van der Waals surface area contributed by atoms with E-state index in [1.807, 2.05) is 13.8 Å². The van der Waals surface area contributed by atoms with Crippen LogP contribution in [0.5, 0.6) is 11.5 Å². The molecular weight excluding hydrogens is 232 g/mol. The third-order valence-corrected chi connectivity index (χ3v) is 3.15. The van der Waals surface area contributed by atoms with Crippen LogP contribution in [0.2, 0.25) is 0 Å². The Balaban J connectivity index is 2.85. The summed E-state index contributed by atoms with van der Waals surface area (Å²) in [6.07, 6.45) is 1.11. The van der Waals surface area contributed by atoms with Crippen molar-refractivity contribution in [3.63, 3.8) is 0 Å². The van der Waals surface area contributed by atoms with Crippen LogP contribution in [0.15, 0.2) is 18.2 Å². The van der Waals surface area contributed by atoms with Crippen LogP contribution in [-0.4, -0.2) is 23.7 Å². The van der Waals surface area contributed by atoms with Crippen LogP contribution in [0.4, 0.5) is 5.69 Å². The first kappa shape index (κ1) is 14.3. The number of phenolic OH excluding ortho intramolecular Hbond substituents is 1. The number of benzene rings is 1. The Labute approximate surface area is 107 Å². The van der Waals surface area contributed by atoms with E-state index in [0.29, 0.717) is 24.3 Å². The van der Waals surface area contributed by atoms with E-state index in [0.717, 1.165) is 0 Å². The van der Waals surface area contributed by atoms with Gasteiger partial charge < -0.3 is 20.9 Å². The average molecular weight is 252 g/mol. The van der Waals surface area contributed by atoms with Gasteiger partial charge in [0.25, 0.3) is 0 Å². The van der Waals surface area contributed by atoms with E-state index in [9.17, 15) is 9.90 Å². The molecule has 0 spiro atoms. The summed E-state index contributed by atoms with van der Waals surface area (Å²) < 4.78 is 4.93. The molecule has 18 heavy (non-hydrogen) atoms. The second-order valence-corrected chi connectivity index (χ2v) is 4.20. The Morgan fingerprint density at radius 1 is 1.44 bits per heavy atom. The SMILES string of the molecule is CCC(N)(CC)C(=O)Nc1ccc(OC)c(O)c1. The van der Waals surface area contributed by atoms with Crippen molar-refractivity contribution in [1.29, 1.82) is 0 Å². The fourth-order valence-electron chi connectivity index (χ4n) is 1.59. The lowest BCUT2D eigenvalue weighted by Crippen LogP contribution is -2.50. The minimum atomic E-state index is -0.879. The number of phenols is 1. The minimum absolute atomic E-state index is 0.0223. The van der Waals surface area contributed by atoms with Crippen molar-refractivity contribution in [3.8, 4) is 11.5 Å². The smallest absolute Gasteiger partial charge is 0.244 e. The summed E-state index contributed by atoms with van der Waals surface area (Å²) in [5.74, 6) is 0.0842. The van der Waals surface area contributed by atoms with Gasteiger partial charge in [0.15, 0.2) is 11.5 Å². The molecule has 1 amide bonds. The summed E-state index contributed by atoms with van der Waals surface area (Å²) in [7, 11) is 1.46. The quantitative estimate of drug-likeness (QED) is 0.746. The molecule has 0 atom stereocenters. The molecule has 0 fully saturated rings. The number of carbonyl (C=O) groups is 1. The van der Waals surface area contributed by atoms with Crippen LogP contribution in [0, 0.1) is 0 Å². The van der Waals surface area contributed by atoms with Crippen LogP contribution >= 0.6 is 0 Å². The number of ether oxygens (including phenoxy) is 1. The van der Waals surface area contributed by atoms with Crippen LogP contribution in [0.25, 0.3) is 0 Å². The van der Waals surface area contributed by atoms with Gasteiger partial charge in [-0.15, -0.1) is 0 Å². The maximum atomic E-state index is 12.0. The van der Waals surface area contributed by atoms with Crippen molar-refractivity contribution in [1.82, 2.24) is 0 Å². The molecular formula is C13H20N2O3. The molecule has 0 bridgehead atoms. The summed E-state index contributed by atoms with van der Waals surface area (Å²) in [4.78, 5) is 12.0. The fraction of sp³-hybridized carbons (Fsp3) is 0.462. The molecule has 5 heteroatoms. The van der Waals surface area contributed by atoms with Gasteiger partial charge in [0.05, 0.1) is 12.6 Å². The van der Waals surface area contributed by atoms with E-state index in [4.69, 9.17) is 10.5 Å². The Hall–Kier alpha value is -1.75. The summed E-state index contributed by atoms with van der Waals surface area (Å²) in [5, 5.41) is 12.3. The predicted molar refractivity (Wildman–Crippen MR) is 70.8 cm³/mol. The van der Waals surface area contributed by atoms with Crippen molar-refractivity contribution in [2.24, 2.45) is 5.73 Å². The zero-order chi connectivity index (χ0) is 13.8. The Bertz CT molecular complexity index is 428. The highest BCUT2D eigenvalue weighted by atomic mass is 16.5. The number of amides is 1. The molecule has 0 heterocycles. The highest BCUT2D eigenvalue weighted by molar-refractivity contribution is 5.98. The number of nitrogens with one attached hydrogen (secondary N) is 1. The standard InChI is InChI=1S/C13H20N2O3/c1-4-13(14,5-2)12(17)15-9-6-7-11(18-3)10(16)8-9/h6-8,16H,4-5,14H2,1-3H3,(H,15,17). The second kappa shape index (κ2) is 5.73. The van der Waals surface area contributed by atoms with Crippen LogP contribution < -0.4 is 15.8 Å². The van der Waals surface area contributed by atoms with E-state index in [2.05, 4.69) is 5.32 Å². The zero-order valence-electron chi connectivity index (χ0n) is 11.0. The highest BCUT2D eigenvalue weighted by Crippen LogP contribution is 2.29. The fourth-order valence-corrected chi connectivity index (χ4v) is 1.59. The highest BCUT2D eigenvalue weighted by Gasteiger charge is 2.29. The van der Waals surface area contributed by atoms with Crippen molar-refractivity contribution in [2.45, 2.75) is 32.2 Å². The number of hydrogen-bond donors (Lipinski definition) is 3. The maximum Gasteiger partial charge on any atom is 0.244 e. The van der Waals surface area contributed by atoms with Crippen LogP contribution in [0.1, 0.15) is 26.7 Å². The molecule has 1 rings (SSSR count). The van der Waals surface area contributed by atoms with Gasteiger partial charge in [-0.25, -0.2) is 0 Å². The Kier molecular flexibility index (Phi) is 4.55. The van der Waals surface area contributed by atoms with Crippen molar-refractivity contribution in [3.05, 3.63) is 18.2 Å². The Morgan fingerprint density at radius 3 is 2.50 bits per heavy atom. The largest absolute Gasteiger partial charge is 0.504 e. The number of nitrogens with two attached hydrogens (primary N) is 1. The van der Waals surface area contributed by atoms with Gasteiger partial charge in [0.1, 0.15) is 0 Å². The normalized spacial score (nSPS) is 11.1. The van der Waals surface area contributed by atoms with Gasteiger partial charge in [-0.2, -0.15) is 0 Å². The molecule has 100 valence electrons. The van der Waals surface area contributed by atoms with Crippen molar-refractivity contribution in [2.75, 3.05) is 12.4 Å². The van der Waals surface area contributed by atoms with E-state index in [1.165, 1.54) is 13.2 Å². The predicted octanol–water partition coefficient (Wildman–Crippen LogP) is 1.86. The average Bonchev–Trinajstić information content (AvgIpc) is 2.38. The summed E-state index contributed by atoms with van der Waals surface area (Å²) in [5.41, 5.74) is 5.60. The molecule has 0 aliphatic carbocycles. The molecule has 1 aromatic rings. The molecule has 5 nitrogen and oxygen atoms in total. The van der Waals surface area contributed by atoms with Gasteiger partial charge in [-0.05, 0) is 25.0 Å². The number of carbonyl (C=O) groups excluding carboxylic acids is 1. The zero-order valence-corrected chi connectivity index (χ0v) is 11.0. The number of anilines is 1. The number of aromatic hydroxyl groups is 1. The molecule has 0 aliphatic heterocycles. The topological polar surface area (TPSA) is 84.6 Å². The maximum absolute atomic E-state index is 12.0. The molecule has 4 N–H and O–H groups in total.